The molecular formula is C24H23ClN6O5S. The van der Waals surface area contributed by atoms with Crippen molar-refractivity contribution in [1.82, 2.24) is 29.3 Å². The molecule has 1 atom stereocenters. The molecule has 192 valence electrons. The summed E-state index contributed by atoms with van der Waals surface area (Å²) in [6.45, 7) is 0.766. The van der Waals surface area contributed by atoms with Crippen molar-refractivity contribution in [3.63, 3.8) is 0 Å². The highest BCUT2D eigenvalue weighted by atomic mass is 35.5. The third kappa shape index (κ3) is 4.87. The number of hydrogen-bond donors (Lipinski definition) is 1. The van der Waals surface area contributed by atoms with E-state index in [-0.39, 0.29) is 34.4 Å². The van der Waals surface area contributed by atoms with E-state index in [1.807, 2.05) is 0 Å². The predicted octanol–water partition coefficient (Wildman–Crippen LogP) is 2.57. The second-order valence-electron chi connectivity index (χ2n) is 8.69. The van der Waals surface area contributed by atoms with Crippen molar-refractivity contribution in [3.8, 4) is 0 Å². The number of benzene rings is 2. The number of methoxy groups -OCH3 is 1. The minimum Gasteiger partial charge on any atom is -0.465 e. The third-order valence-electron chi connectivity index (χ3n) is 6.32. The van der Waals surface area contributed by atoms with Crippen LogP contribution in [-0.2, 0) is 21.3 Å². The van der Waals surface area contributed by atoms with Crippen molar-refractivity contribution in [3.05, 3.63) is 80.9 Å². The van der Waals surface area contributed by atoms with Crippen LogP contribution in [0.5, 0.6) is 0 Å². The van der Waals surface area contributed by atoms with E-state index in [1.165, 1.54) is 22.2 Å². The molecule has 0 radical (unpaired) electrons. The Morgan fingerprint density at radius 3 is 2.68 bits per heavy atom. The molecule has 1 N–H and O–H groups in total. The summed E-state index contributed by atoms with van der Waals surface area (Å²) in [5, 5.41) is 8.22. The lowest BCUT2D eigenvalue weighted by molar-refractivity contribution is 0.0600. The number of nitrogens with one attached hydrogen (secondary N) is 1. The second kappa shape index (κ2) is 10.0. The second-order valence-corrected chi connectivity index (χ2v) is 11.0. The number of carbonyl (C=O) groups is 1. The van der Waals surface area contributed by atoms with Crippen LogP contribution < -0.4 is 5.56 Å². The number of hydrogen-bond acceptors (Lipinski definition) is 8. The van der Waals surface area contributed by atoms with Crippen LogP contribution >= 0.6 is 11.6 Å². The molecule has 13 heteroatoms. The fraction of sp³-hybridized carbons (Fsp3) is 0.292. The maximum atomic E-state index is 13.3. The molecule has 0 aliphatic carbocycles. The van der Waals surface area contributed by atoms with Crippen molar-refractivity contribution in [1.29, 1.82) is 0 Å². The fourth-order valence-corrected chi connectivity index (χ4v) is 6.41. The van der Waals surface area contributed by atoms with Gasteiger partial charge in [0.1, 0.15) is 10.7 Å². The standard InChI is InChI=1S/C24H23ClN6O5S/c1-36-24(33)16-10-8-15(9-11-16)13-31-22-20(28-29-31)23(32)27-21(26-22)17-5-4-12-30(14-17)37(34,35)19-7-3-2-6-18(19)25/h2-3,6-11,17H,4-5,12-14H2,1H3,(H,26,27,32)/t17-/m1/s1. The first-order chi connectivity index (χ1) is 17.8. The van der Waals surface area contributed by atoms with Crippen molar-refractivity contribution in [2.24, 2.45) is 0 Å². The first-order valence-corrected chi connectivity index (χ1v) is 13.3. The van der Waals surface area contributed by atoms with Gasteiger partial charge in [-0.3, -0.25) is 4.79 Å². The molecule has 37 heavy (non-hydrogen) atoms. The Hall–Kier alpha value is -3.61. The van der Waals surface area contributed by atoms with Crippen LogP contribution in [-0.4, -0.2) is 63.9 Å². The zero-order valence-corrected chi connectivity index (χ0v) is 21.4. The van der Waals surface area contributed by atoms with Crippen LogP contribution in [0.2, 0.25) is 5.02 Å². The largest absolute Gasteiger partial charge is 0.465 e. The van der Waals surface area contributed by atoms with Crippen molar-refractivity contribution in [2.45, 2.75) is 30.2 Å². The number of esters is 1. The minimum absolute atomic E-state index is 0.0507. The summed E-state index contributed by atoms with van der Waals surface area (Å²) < 4.78 is 34.1. The Balaban J connectivity index is 1.43. The molecule has 1 aliphatic heterocycles. The average Bonchev–Trinajstić information content (AvgIpc) is 3.32. The van der Waals surface area contributed by atoms with Gasteiger partial charge in [0, 0.05) is 19.0 Å². The first-order valence-electron chi connectivity index (χ1n) is 11.5. The lowest BCUT2D eigenvalue weighted by Gasteiger charge is -2.31. The summed E-state index contributed by atoms with van der Waals surface area (Å²) >= 11 is 6.17. The molecule has 0 unspecified atom stereocenters. The first kappa shape index (κ1) is 25.1. The van der Waals surface area contributed by atoms with Gasteiger partial charge in [0.25, 0.3) is 5.56 Å². The van der Waals surface area contributed by atoms with Crippen molar-refractivity contribution < 1.29 is 17.9 Å². The van der Waals surface area contributed by atoms with Crippen LogP contribution in [0.3, 0.4) is 0 Å². The van der Waals surface area contributed by atoms with Gasteiger partial charge in [-0.15, -0.1) is 5.10 Å². The molecule has 1 saturated heterocycles. The van der Waals surface area contributed by atoms with E-state index >= 15 is 0 Å². The molecule has 0 amide bonds. The van der Waals surface area contributed by atoms with Gasteiger partial charge in [-0.05, 0) is 42.7 Å². The number of halogens is 1. The van der Waals surface area contributed by atoms with Gasteiger partial charge in [-0.2, -0.15) is 4.31 Å². The van der Waals surface area contributed by atoms with Gasteiger partial charge in [0.15, 0.2) is 11.2 Å². The van der Waals surface area contributed by atoms with E-state index in [0.717, 1.165) is 5.56 Å². The lowest BCUT2D eigenvalue weighted by Crippen LogP contribution is -2.40. The molecule has 1 aliphatic rings. The normalized spacial score (nSPS) is 16.6. The van der Waals surface area contributed by atoms with Crippen LogP contribution in [0.4, 0.5) is 0 Å². The number of aromatic nitrogens is 5. The number of piperidine rings is 1. The van der Waals surface area contributed by atoms with Crippen LogP contribution in [0.1, 0.15) is 40.5 Å². The summed E-state index contributed by atoms with van der Waals surface area (Å²) in [6, 6.07) is 13.1. The highest BCUT2D eigenvalue weighted by molar-refractivity contribution is 7.89. The van der Waals surface area contributed by atoms with Crippen LogP contribution in [0.15, 0.2) is 58.2 Å². The number of rotatable bonds is 6. The van der Waals surface area contributed by atoms with Gasteiger partial charge < -0.3 is 9.72 Å². The number of carbonyl (C=O) groups excluding carboxylic acids is 1. The molecule has 3 heterocycles. The topological polar surface area (TPSA) is 140 Å². The predicted molar refractivity (Wildman–Crippen MR) is 135 cm³/mol. The molecule has 2 aromatic heterocycles. The summed E-state index contributed by atoms with van der Waals surface area (Å²) in [7, 11) is -2.50. The van der Waals surface area contributed by atoms with Gasteiger partial charge >= 0.3 is 5.97 Å². The highest BCUT2D eigenvalue weighted by Gasteiger charge is 2.33. The minimum atomic E-state index is -3.82. The number of sulfonamides is 1. The van der Waals surface area contributed by atoms with E-state index in [0.29, 0.717) is 36.4 Å². The van der Waals surface area contributed by atoms with E-state index in [2.05, 4.69) is 20.3 Å². The van der Waals surface area contributed by atoms with E-state index < -0.39 is 21.6 Å². The molecular weight excluding hydrogens is 520 g/mol. The molecule has 11 nitrogen and oxygen atoms in total. The molecule has 0 saturated carbocycles. The zero-order chi connectivity index (χ0) is 26.2. The smallest absolute Gasteiger partial charge is 0.337 e. The molecule has 1 fully saturated rings. The Morgan fingerprint density at radius 1 is 1.19 bits per heavy atom. The van der Waals surface area contributed by atoms with E-state index in [4.69, 9.17) is 16.3 Å². The maximum Gasteiger partial charge on any atom is 0.337 e. The van der Waals surface area contributed by atoms with Gasteiger partial charge in [0.05, 0.1) is 24.2 Å². The number of H-pyrrole nitrogens is 1. The third-order valence-corrected chi connectivity index (χ3v) is 8.69. The number of ether oxygens (including phenoxy) is 1. The SMILES string of the molecule is COC(=O)c1ccc(Cn2nnc3c(=O)[nH]c([C@@H]4CCCN(S(=O)(=O)c5ccccc5Cl)C4)nc32)cc1. The summed E-state index contributed by atoms with van der Waals surface area (Å²) in [5.74, 6) is -0.388. The Bertz CT molecular complexity index is 1630. The molecule has 0 spiro atoms. The quantitative estimate of drug-likeness (QED) is 0.367. The monoisotopic (exact) mass is 542 g/mol. The molecule has 4 aromatic rings. The van der Waals surface area contributed by atoms with E-state index in [9.17, 15) is 18.0 Å². The average molecular weight is 543 g/mol. The number of fused-ring (bicyclic) bond motifs is 1. The Labute approximate surface area is 217 Å². The number of nitrogens with zero attached hydrogens (tertiary/aromatic N) is 5. The summed E-state index contributed by atoms with van der Waals surface area (Å²) in [5.41, 5.74) is 1.17. The fourth-order valence-electron chi connectivity index (χ4n) is 4.40. The zero-order valence-electron chi connectivity index (χ0n) is 19.8. The lowest BCUT2D eigenvalue weighted by atomic mass is 9.99. The van der Waals surface area contributed by atoms with Crippen LogP contribution in [0.25, 0.3) is 11.2 Å². The van der Waals surface area contributed by atoms with Gasteiger partial charge in [-0.25, -0.2) is 22.9 Å². The van der Waals surface area contributed by atoms with Crippen molar-refractivity contribution in [2.75, 3.05) is 20.2 Å². The molecule has 0 bridgehead atoms. The summed E-state index contributed by atoms with van der Waals surface area (Å²) in [4.78, 5) is 31.9. The molecule has 5 rings (SSSR count). The number of aromatic amines is 1. The maximum absolute atomic E-state index is 13.3. The highest BCUT2D eigenvalue weighted by Crippen LogP contribution is 2.31. The van der Waals surface area contributed by atoms with Gasteiger partial charge in [-0.1, -0.05) is 41.1 Å². The Kier molecular flexibility index (Phi) is 6.80. The van der Waals surface area contributed by atoms with Gasteiger partial charge in [0.2, 0.25) is 10.0 Å². The summed E-state index contributed by atoms with van der Waals surface area (Å²) in [6.07, 6.45) is 1.25. The molecule has 2 aromatic carbocycles. The van der Waals surface area contributed by atoms with Crippen molar-refractivity contribution >= 4 is 38.8 Å². The Morgan fingerprint density at radius 2 is 1.95 bits per heavy atom. The van der Waals surface area contributed by atoms with Crippen LogP contribution in [0, 0.1) is 0 Å². The van der Waals surface area contributed by atoms with E-state index in [1.54, 1.807) is 42.5 Å².